The highest BCUT2D eigenvalue weighted by Crippen LogP contribution is 2.32. The van der Waals surface area contributed by atoms with Gasteiger partial charge in [0.25, 0.3) is 0 Å². The molecule has 0 aliphatic carbocycles. The maximum atomic E-state index is 12.5. The van der Waals surface area contributed by atoms with Gasteiger partial charge in [0.05, 0.1) is 6.61 Å². The first-order chi connectivity index (χ1) is 11.5. The number of fused-ring (bicyclic) bond motifs is 2. The van der Waals surface area contributed by atoms with Crippen LogP contribution in [-0.2, 0) is 6.54 Å². The fourth-order valence-corrected chi connectivity index (χ4v) is 3.92. The Morgan fingerprint density at radius 3 is 2.54 bits per heavy atom. The second-order valence-corrected chi connectivity index (χ2v) is 6.77. The third kappa shape index (κ3) is 4.16. The second kappa shape index (κ2) is 7.66. The minimum absolute atomic E-state index is 0.0955. The van der Waals surface area contributed by atoms with Gasteiger partial charge < -0.3 is 14.8 Å². The van der Waals surface area contributed by atoms with Crippen LogP contribution in [0.15, 0.2) is 18.2 Å². The number of hydrogen-bond acceptors (Lipinski definition) is 4. The van der Waals surface area contributed by atoms with E-state index in [-0.39, 0.29) is 5.75 Å². The van der Waals surface area contributed by atoms with E-state index in [9.17, 15) is 8.78 Å². The molecule has 0 spiro atoms. The Balaban J connectivity index is 1.66. The SMILES string of the molecule is CCOc1cc(CN(C)C2CC3CCC(C2)N3)ccc1OC(F)F. The molecular formula is C18H26F2N2O2. The van der Waals surface area contributed by atoms with Crippen molar-refractivity contribution in [2.75, 3.05) is 13.7 Å². The summed E-state index contributed by atoms with van der Waals surface area (Å²) in [5.74, 6) is 0.479. The monoisotopic (exact) mass is 340 g/mol. The minimum Gasteiger partial charge on any atom is -0.490 e. The van der Waals surface area contributed by atoms with Gasteiger partial charge >= 0.3 is 6.61 Å². The van der Waals surface area contributed by atoms with Gasteiger partial charge in [0.15, 0.2) is 11.5 Å². The first-order valence-corrected chi connectivity index (χ1v) is 8.72. The summed E-state index contributed by atoms with van der Waals surface area (Å²) >= 11 is 0. The zero-order valence-electron chi connectivity index (χ0n) is 14.3. The zero-order valence-corrected chi connectivity index (χ0v) is 14.3. The summed E-state index contributed by atoms with van der Waals surface area (Å²) < 4.78 is 35.0. The molecule has 0 saturated carbocycles. The van der Waals surface area contributed by atoms with E-state index < -0.39 is 6.61 Å². The maximum Gasteiger partial charge on any atom is 0.387 e. The molecule has 4 nitrogen and oxygen atoms in total. The molecule has 6 heteroatoms. The number of rotatable bonds is 7. The summed E-state index contributed by atoms with van der Waals surface area (Å²) in [6, 6.07) is 7.09. The van der Waals surface area contributed by atoms with E-state index in [2.05, 4.69) is 22.0 Å². The highest BCUT2D eigenvalue weighted by molar-refractivity contribution is 5.43. The van der Waals surface area contributed by atoms with Crippen LogP contribution in [0.5, 0.6) is 11.5 Å². The lowest BCUT2D eigenvalue weighted by Gasteiger charge is -2.35. The topological polar surface area (TPSA) is 33.7 Å². The summed E-state index contributed by atoms with van der Waals surface area (Å²) in [7, 11) is 2.14. The van der Waals surface area contributed by atoms with E-state index in [0.717, 1.165) is 12.1 Å². The van der Waals surface area contributed by atoms with Gasteiger partial charge in [-0.15, -0.1) is 0 Å². The van der Waals surface area contributed by atoms with Gasteiger partial charge in [-0.2, -0.15) is 8.78 Å². The van der Waals surface area contributed by atoms with E-state index >= 15 is 0 Å². The first-order valence-electron chi connectivity index (χ1n) is 8.72. The highest BCUT2D eigenvalue weighted by atomic mass is 19.3. The predicted molar refractivity (Wildman–Crippen MR) is 88.7 cm³/mol. The standard InChI is InChI=1S/C18H26F2N2O2/c1-3-23-17-8-12(4-7-16(17)24-18(19)20)11-22(2)15-9-13-5-6-14(10-15)21-13/h4,7-8,13-15,18,21H,3,5-6,9-11H2,1-2H3. The zero-order chi connectivity index (χ0) is 17.1. The molecule has 2 bridgehead atoms. The number of nitrogens with zero attached hydrogens (tertiary/aromatic N) is 1. The number of piperidine rings is 1. The van der Waals surface area contributed by atoms with Gasteiger partial charge in [-0.25, -0.2) is 0 Å². The fraction of sp³-hybridized carbons (Fsp3) is 0.667. The van der Waals surface area contributed by atoms with Gasteiger partial charge in [0.1, 0.15) is 0 Å². The lowest BCUT2D eigenvalue weighted by atomic mass is 9.98. The number of halogens is 2. The lowest BCUT2D eigenvalue weighted by molar-refractivity contribution is -0.0514. The molecule has 0 amide bonds. The Labute approximate surface area is 142 Å². The van der Waals surface area contributed by atoms with Crippen molar-refractivity contribution >= 4 is 0 Å². The van der Waals surface area contributed by atoms with Gasteiger partial charge in [-0.1, -0.05) is 6.07 Å². The number of nitrogens with one attached hydrogen (secondary N) is 1. The van der Waals surface area contributed by atoms with Crippen molar-refractivity contribution in [2.24, 2.45) is 0 Å². The number of benzene rings is 1. The molecule has 2 unspecified atom stereocenters. The van der Waals surface area contributed by atoms with Gasteiger partial charge in [-0.3, -0.25) is 4.90 Å². The van der Waals surface area contributed by atoms with E-state index in [1.807, 2.05) is 19.1 Å². The van der Waals surface area contributed by atoms with Crippen LogP contribution < -0.4 is 14.8 Å². The van der Waals surface area contributed by atoms with Crippen LogP contribution >= 0.6 is 0 Å². The quantitative estimate of drug-likeness (QED) is 0.825. The molecule has 3 rings (SSSR count). The lowest BCUT2D eigenvalue weighted by Crippen LogP contribution is -2.46. The van der Waals surface area contributed by atoms with Crippen LogP contribution in [0, 0.1) is 0 Å². The maximum absolute atomic E-state index is 12.5. The Kier molecular flexibility index (Phi) is 5.56. The molecular weight excluding hydrogens is 314 g/mol. The van der Waals surface area contributed by atoms with Crippen LogP contribution in [0.3, 0.4) is 0 Å². The normalized spacial score (nSPS) is 26.2. The summed E-state index contributed by atoms with van der Waals surface area (Å²) in [5, 5.41) is 3.66. The molecule has 0 radical (unpaired) electrons. The molecule has 24 heavy (non-hydrogen) atoms. The highest BCUT2D eigenvalue weighted by Gasteiger charge is 2.34. The van der Waals surface area contributed by atoms with Crippen molar-refractivity contribution in [3.05, 3.63) is 23.8 Å². The third-order valence-electron chi connectivity index (χ3n) is 5.03. The van der Waals surface area contributed by atoms with E-state index in [1.165, 1.54) is 25.7 Å². The van der Waals surface area contributed by atoms with Crippen LogP contribution in [0.2, 0.25) is 0 Å². The average Bonchev–Trinajstić information content (AvgIpc) is 2.88. The van der Waals surface area contributed by atoms with E-state index in [4.69, 9.17) is 4.74 Å². The molecule has 134 valence electrons. The largest absolute Gasteiger partial charge is 0.490 e. The minimum atomic E-state index is -2.84. The van der Waals surface area contributed by atoms with Crippen molar-refractivity contribution in [3.63, 3.8) is 0 Å². The Morgan fingerprint density at radius 1 is 1.21 bits per heavy atom. The van der Waals surface area contributed by atoms with Crippen LogP contribution in [0.1, 0.15) is 38.2 Å². The molecule has 2 saturated heterocycles. The molecule has 1 aromatic rings. The summed E-state index contributed by atoms with van der Waals surface area (Å²) in [4.78, 5) is 2.37. The van der Waals surface area contributed by atoms with Crippen molar-refractivity contribution in [2.45, 2.75) is 63.9 Å². The van der Waals surface area contributed by atoms with Gasteiger partial charge in [0.2, 0.25) is 0 Å². The first kappa shape index (κ1) is 17.4. The molecule has 2 aliphatic heterocycles. The van der Waals surface area contributed by atoms with Crippen molar-refractivity contribution in [3.8, 4) is 11.5 Å². The van der Waals surface area contributed by atoms with Gasteiger partial charge in [-0.05, 0) is 57.4 Å². The molecule has 1 aromatic carbocycles. The number of alkyl halides is 2. The van der Waals surface area contributed by atoms with Gasteiger partial charge in [0, 0.05) is 24.7 Å². The Hall–Kier alpha value is -1.40. The predicted octanol–water partition coefficient (Wildman–Crippen LogP) is 3.40. The van der Waals surface area contributed by atoms with Crippen molar-refractivity contribution in [1.29, 1.82) is 0 Å². The number of ether oxygens (including phenoxy) is 2. The van der Waals surface area contributed by atoms with Crippen molar-refractivity contribution in [1.82, 2.24) is 10.2 Å². The Morgan fingerprint density at radius 2 is 1.92 bits per heavy atom. The van der Waals surface area contributed by atoms with Crippen LogP contribution in [-0.4, -0.2) is 43.3 Å². The smallest absolute Gasteiger partial charge is 0.387 e. The molecule has 2 atom stereocenters. The molecule has 2 heterocycles. The second-order valence-electron chi connectivity index (χ2n) is 6.77. The Bertz CT molecular complexity index is 544. The van der Waals surface area contributed by atoms with E-state index in [1.54, 1.807) is 6.07 Å². The molecule has 2 fully saturated rings. The fourth-order valence-electron chi connectivity index (χ4n) is 3.92. The van der Waals surface area contributed by atoms with Crippen LogP contribution in [0.4, 0.5) is 8.78 Å². The number of hydrogen-bond donors (Lipinski definition) is 1. The molecule has 0 aromatic heterocycles. The summed E-state index contributed by atoms with van der Waals surface area (Å²) in [6.45, 7) is 0.175. The van der Waals surface area contributed by atoms with Crippen molar-refractivity contribution < 1.29 is 18.3 Å². The van der Waals surface area contributed by atoms with Crippen LogP contribution in [0.25, 0.3) is 0 Å². The van der Waals surface area contributed by atoms with E-state index in [0.29, 0.717) is 30.5 Å². The third-order valence-corrected chi connectivity index (χ3v) is 5.03. The summed E-state index contributed by atoms with van der Waals surface area (Å²) in [6.07, 6.45) is 4.92. The molecule has 2 aliphatic rings. The molecule has 1 N–H and O–H groups in total. The average molecular weight is 340 g/mol. The summed E-state index contributed by atoms with van der Waals surface area (Å²) in [5.41, 5.74) is 1.05.